The zero-order valence-corrected chi connectivity index (χ0v) is 21.3. The number of sulfonamides is 1. The van der Waals surface area contributed by atoms with Crippen molar-refractivity contribution in [3.63, 3.8) is 0 Å². The normalized spacial score (nSPS) is 15.3. The second-order valence-electron chi connectivity index (χ2n) is 7.87. The van der Waals surface area contributed by atoms with E-state index in [9.17, 15) is 13.2 Å². The van der Waals surface area contributed by atoms with Crippen molar-refractivity contribution < 1.29 is 13.2 Å². The lowest BCUT2D eigenvalue weighted by molar-refractivity contribution is 0.102. The third-order valence-electron chi connectivity index (χ3n) is 5.39. The SMILES string of the molecule is CCCSc1nnc(NC(=O)c2ccc(CN3CCN(S(=O)(=O)c4ccccc4)CC3)cc2)s1. The Labute approximate surface area is 208 Å². The minimum atomic E-state index is -3.45. The molecule has 8 nitrogen and oxygen atoms in total. The first-order valence-electron chi connectivity index (χ1n) is 11.1. The summed E-state index contributed by atoms with van der Waals surface area (Å²) in [6.45, 7) is 5.04. The fraction of sp³-hybridized carbons (Fsp3) is 0.348. The molecule has 0 bridgehead atoms. The van der Waals surface area contributed by atoms with Gasteiger partial charge in [0.1, 0.15) is 0 Å². The van der Waals surface area contributed by atoms with Gasteiger partial charge in [0.05, 0.1) is 4.90 Å². The molecule has 1 fully saturated rings. The Morgan fingerprint density at radius 1 is 1.03 bits per heavy atom. The highest BCUT2D eigenvalue weighted by Gasteiger charge is 2.28. The summed E-state index contributed by atoms with van der Waals surface area (Å²) in [6, 6.07) is 16.0. The lowest BCUT2D eigenvalue weighted by Crippen LogP contribution is -2.48. The fourth-order valence-corrected chi connectivity index (χ4v) is 6.68. The number of piperazine rings is 1. The van der Waals surface area contributed by atoms with Gasteiger partial charge in [0.25, 0.3) is 5.91 Å². The van der Waals surface area contributed by atoms with E-state index < -0.39 is 10.0 Å². The van der Waals surface area contributed by atoms with Gasteiger partial charge in [0, 0.05) is 44.0 Å². The first-order valence-corrected chi connectivity index (χ1v) is 14.3. The Morgan fingerprint density at radius 3 is 2.41 bits per heavy atom. The highest BCUT2D eigenvalue weighted by Crippen LogP contribution is 2.26. The maximum absolute atomic E-state index is 12.8. The smallest absolute Gasteiger partial charge is 0.257 e. The van der Waals surface area contributed by atoms with E-state index in [2.05, 4.69) is 27.3 Å². The van der Waals surface area contributed by atoms with E-state index in [0.29, 0.717) is 48.3 Å². The van der Waals surface area contributed by atoms with Crippen LogP contribution in [0.4, 0.5) is 5.13 Å². The van der Waals surface area contributed by atoms with Crippen LogP contribution in [0.15, 0.2) is 63.8 Å². The second kappa shape index (κ2) is 11.4. The van der Waals surface area contributed by atoms with Crippen LogP contribution in [0.2, 0.25) is 0 Å². The van der Waals surface area contributed by atoms with E-state index in [-0.39, 0.29) is 5.91 Å². The van der Waals surface area contributed by atoms with Crippen molar-refractivity contribution in [2.24, 2.45) is 0 Å². The van der Waals surface area contributed by atoms with Crippen LogP contribution in [-0.2, 0) is 16.6 Å². The van der Waals surface area contributed by atoms with Crippen molar-refractivity contribution in [1.82, 2.24) is 19.4 Å². The maximum Gasteiger partial charge on any atom is 0.257 e. The van der Waals surface area contributed by atoms with E-state index in [0.717, 1.165) is 22.1 Å². The molecule has 11 heteroatoms. The molecule has 1 saturated heterocycles. The number of nitrogens with zero attached hydrogens (tertiary/aromatic N) is 4. The quantitative estimate of drug-likeness (QED) is 0.341. The number of carbonyl (C=O) groups is 1. The van der Waals surface area contributed by atoms with Gasteiger partial charge in [-0.25, -0.2) is 8.42 Å². The lowest BCUT2D eigenvalue weighted by atomic mass is 10.1. The van der Waals surface area contributed by atoms with Crippen molar-refractivity contribution >= 4 is 44.2 Å². The number of nitrogens with one attached hydrogen (secondary N) is 1. The van der Waals surface area contributed by atoms with Crippen molar-refractivity contribution in [3.05, 3.63) is 65.7 Å². The summed E-state index contributed by atoms with van der Waals surface area (Å²) in [5.41, 5.74) is 1.63. The Bertz CT molecular complexity index is 1190. The lowest BCUT2D eigenvalue weighted by Gasteiger charge is -2.34. The molecule has 0 saturated carbocycles. The summed E-state index contributed by atoms with van der Waals surface area (Å²) in [5.74, 6) is 0.761. The summed E-state index contributed by atoms with van der Waals surface area (Å²) >= 11 is 3.01. The van der Waals surface area contributed by atoms with Crippen LogP contribution in [0.5, 0.6) is 0 Å². The van der Waals surface area contributed by atoms with Crippen LogP contribution < -0.4 is 5.32 Å². The first kappa shape index (κ1) is 24.8. The molecular formula is C23H27N5O3S3. The van der Waals surface area contributed by atoms with Crippen LogP contribution in [0.1, 0.15) is 29.3 Å². The third-order valence-corrected chi connectivity index (χ3v) is 9.48. The molecule has 0 aliphatic carbocycles. The van der Waals surface area contributed by atoms with Gasteiger partial charge in [-0.15, -0.1) is 10.2 Å². The fourth-order valence-electron chi connectivity index (χ4n) is 3.57. The van der Waals surface area contributed by atoms with Crippen molar-refractivity contribution in [3.8, 4) is 0 Å². The second-order valence-corrected chi connectivity index (χ2v) is 12.1. The van der Waals surface area contributed by atoms with Gasteiger partial charge >= 0.3 is 0 Å². The molecule has 2 aromatic carbocycles. The molecule has 0 radical (unpaired) electrons. The van der Waals surface area contributed by atoms with Gasteiger partial charge in [0.15, 0.2) is 4.34 Å². The third kappa shape index (κ3) is 6.22. The number of thioether (sulfide) groups is 1. The van der Waals surface area contributed by atoms with Crippen LogP contribution >= 0.6 is 23.1 Å². The van der Waals surface area contributed by atoms with Crippen LogP contribution in [0.25, 0.3) is 0 Å². The Balaban J connectivity index is 1.28. The zero-order chi connectivity index (χ0) is 24.0. The standard InChI is InChI=1S/C23H27N5O3S3/c1-2-16-32-23-26-25-22(33-23)24-21(29)19-10-8-18(9-11-19)17-27-12-14-28(15-13-27)34(30,31)20-6-4-3-5-7-20/h3-11H,2,12-17H2,1H3,(H,24,25,29). The summed E-state index contributed by atoms with van der Waals surface area (Å²) in [4.78, 5) is 15.1. The monoisotopic (exact) mass is 517 g/mol. The van der Waals surface area contributed by atoms with Gasteiger partial charge in [-0.3, -0.25) is 15.0 Å². The molecule has 4 rings (SSSR count). The summed E-state index contributed by atoms with van der Waals surface area (Å²) in [7, 11) is -3.45. The van der Waals surface area contributed by atoms with E-state index in [4.69, 9.17) is 0 Å². The van der Waals surface area contributed by atoms with Crippen molar-refractivity contribution in [1.29, 1.82) is 0 Å². The van der Waals surface area contributed by atoms with E-state index in [1.54, 1.807) is 52.5 Å². The molecule has 180 valence electrons. The van der Waals surface area contributed by atoms with E-state index in [1.807, 2.05) is 18.2 Å². The Morgan fingerprint density at radius 2 is 1.74 bits per heavy atom. The first-order chi connectivity index (χ1) is 16.5. The predicted molar refractivity (Wildman–Crippen MR) is 136 cm³/mol. The molecule has 1 aliphatic rings. The number of amides is 1. The summed E-state index contributed by atoms with van der Waals surface area (Å²) in [6.07, 6.45) is 1.06. The molecule has 2 heterocycles. The molecule has 0 unspecified atom stereocenters. The molecule has 0 spiro atoms. The molecule has 34 heavy (non-hydrogen) atoms. The summed E-state index contributed by atoms with van der Waals surface area (Å²) in [5, 5.41) is 11.4. The molecule has 0 atom stereocenters. The van der Waals surface area contributed by atoms with Crippen LogP contribution in [-0.4, -0.2) is 65.7 Å². The van der Waals surface area contributed by atoms with Crippen LogP contribution in [0, 0.1) is 0 Å². The number of aromatic nitrogens is 2. The highest BCUT2D eigenvalue weighted by molar-refractivity contribution is 8.01. The molecular weight excluding hydrogens is 490 g/mol. The number of rotatable bonds is 9. The number of benzene rings is 2. The van der Waals surface area contributed by atoms with Gasteiger partial charge in [0.2, 0.25) is 15.2 Å². The van der Waals surface area contributed by atoms with Crippen molar-refractivity contribution in [2.45, 2.75) is 29.1 Å². The van der Waals surface area contributed by atoms with E-state index in [1.165, 1.54) is 11.3 Å². The molecule has 3 aromatic rings. The maximum atomic E-state index is 12.8. The molecule has 1 aliphatic heterocycles. The van der Waals surface area contributed by atoms with Gasteiger partial charge in [-0.1, -0.05) is 60.4 Å². The largest absolute Gasteiger partial charge is 0.296 e. The topological polar surface area (TPSA) is 95.5 Å². The highest BCUT2D eigenvalue weighted by atomic mass is 32.2. The zero-order valence-electron chi connectivity index (χ0n) is 18.9. The van der Waals surface area contributed by atoms with Gasteiger partial charge in [-0.2, -0.15) is 4.31 Å². The van der Waals surface area contributed by atoms with E-state index >= 15 is 0 Å². The Hall–Kier alpha value is -2.31. The van der Waals surface area contributed by atoms with Crippen LogP contribution in [0.3, 0.4) is 0 Å². The number of hydrogen-bond donors (Lipinski definition) is 1. The molecule has 1 amide bonds. The number of hydrogen-bond acceptors (Lipinski definition) is 8. The summed E-state index contributed by atoms with van der Waals surface area (Å²) < 4.78 is 28.0. The predicted octanol–water partition coefficient (Wildman–Crippen LogP) is 3.80. The van der Waals surface area contributed by atoms with Crippen molar-refractivity contribution in [2.75, 3.05) is 37.2 Å². The molecule has 1 N–H and O–H groups in total. The Kier molecular flexibility index (Phi) is 8.32. The average molecular weight is 518 g/mol. The van der Waals surface area contributed by atoms with Gasteiger partial charge in [-0.05, 0) is 36.2 Å². The molecule has 1 aromatic heterocycles. The average Bonchev–Trinajstić information content (AvgIpc) is 3.31. The van der Waals surface area contributed by atoms with Gasteiger partial charge < -0.3 is 0 Å². The minimum absolute atomic E-state index is 0.213. The number of anilines is 1. The minimum Gasteiger partial charge on any atom is -0.296 e. The number of carbonyl (C=O) groups excluding carboxylic acids is 1.